The third-order valence-corrected chi connectivity index (χ3v) is 4.35. The lowest BCUT2D eigenvalue weighted by molar-refractivity contribution is -0.0173. The lowest BCUT2D eigenvalue weighted by Gasteiger charge is -2.30. The number of hydrogen-bond donors (Lipinski definition) is 3. The molecule has 0 aliphatic carbocycles. The van der Waals surface area contributed by atoms with Crippen LogP contribution in [0.2, 0.25) is 0 Å². The first-order chi connectivity index (χ1) is 9.65. The van der Waals surface area contributed by atoms with Gasteiger partial charge in [-0.2, -0.15) is 0 Å². The van der Waals surface area contributed by atoms with Crippen LogP contribution in [0.15, 0.2) is 0 Å². The van der Waals surface area contributed by atoms with Crippen LogP contribution in [0.4, 0.5) is 0 Å². The van der Waals surface area contributed by atoms with E-state index < -0.39 is 6.10 Å². The highest BCUT2D eigenvalue weighted by Gasteiger charge is 2.25. The van der Waals surface area contributed by atoms with Crippen molar-refractivity contribution in [2.24, 2.45) is 5.41 Å². The second-order valence-corrected chi connectivity index (χ2v) is 5.82. The number of hydrogen-bond acceptors (Lipinski definition) is 5. The van der Waals surface area contributed by atoms with Gasteiger partial charge in [0.25, 0.3) is 0 Å². The maximum atomic E-state index is 9.85. The van der Waals surface area contributed by atoms with Crippen molar-refractivity contribution in [2.45, 2.75) is 51.7 Å². The second-order valence-electron chi connectivity index (χ2n) is 5.82. The molecule has 1 rings (SSSR count). The molecular weight excluding hydrogens is 258 g/mol. The maximum absolute atomic E-state index is 9.85. The molecule has 2 atom stereocenters. The van der Waals surface area contributed by atoms with Gasteiger partial charge in [-0.15, -0.1) is 0 Å². The van der Waals surface area contributed by atoms with E-state index in [0.29, 0.717) is 19.8 Å². The van der Waals surface area contributed by atoms with Crippen molar-refractivity contribution in [1.82, 2.24) is 5.32 Å². The summed E-state index contributed by atoms with van der Waals surface area (Å²) in [5.74, 6) is 0. The fourth-order valence-electron chi connectivity index (χ4n) is 2.45. The molecule has 1 saturated heterocycles. The van der Waals surface area contributed by atoms with Crippen LogP contribution in [-0.4, -0.2) is 61.9 Å². The monoisotopic (exact) mass is 289 g/mol. The molecule has 1 heterocycles. The largest absolute Gasteiger partial charge is 0.396 e. The standard InChI is InChI=1S/C15H31NO4/c1-3-15(4-2,12-17)11-16-8-13(18)9-19-10-14-6-5-7-20-14/h13-14,16-18H,3-12H2,1-2H3. The van der Waals surface area contributed by atoms with Crippen LogP contribution in [0.5, 0.6) is 0 Å². The molecule has 0 aromatic rings. The number of aliphatic hydroxyl groups is 2. The van der Waals surface area contributed by atoms with Gasteiger partial charge in [0.15, 0.2) is 0 Å². The molecule has 5 nitrogen and oxygen atoms in total. The minimum Gasteiger partial charge on any atom is -0.396 e. The van der Waals surface area contributed by atoms with E-state index in [9.17, 15) is 10.2 Å². The van der Waals surface area contributed by atoms with Gasteiger partial charge < -0.3 is 25.0 Å². The Morgan fingerprint density at radius 3 is 2.70 bits per heavy atom. The highest BCUT2D eigenvalue weighted by Crippen LogP contribution is 2.24. The molecule has 0 bridgehead atoms. The molecule has 1 aliphatic rings. The summed E-state index contributed by atoms with van der Waals surface area (Å²) >= 11 is 0. The Morgan fingerprint density at radius 2 is 2.15 bits per heavy atom. The molecule has 0 spiro atoms. The van der Waals surface area contributed by atoms with Gasteiger partial charge in [-0.25, -0.2) is 0 Å². The first kappa shape index (κ1) is 17.9. The van der Waals surface area contributed by atoms with Crippen LogP contribution < -0.4 is 5.32 Å². The van der Waals surface area contributed by atoms with Crippen molar-refractivity contribution in [3.63, 3.8) is 0 Å². The van der Waals surface area contributed by atoms with Crippen LogP contribution in [0.1, 0.15) is 39.5 Å². The predicted octanol–water partition coefficient (Wildman–Crippen LogP) is 0.931. The molecule has 5 heteroatoms. The van der Waals surface area contributed by atoms with Gasteiger partial charge in [0.2, 0.25) is 0 Å². The normalized spacial score (nSPS) is 21.3. The van der Waals surface area contributed by atoms with Gasteiger partial charge in [0.1, 0.15) is 0 Å². The average Bonchev–Trinajstić information content (AvgIpc) is 2.97. The number of ether oxygens (including phenoxy) is 2. The van der Waals surface area contributed by atoms with Gasteiger partial charge in [0.05, 0.1) is 25.4 Å². The fraction of sp³-hybridized carbons (Fsp3) is 1.00. The summed E-state index contributed by atoms with van der Waals surface area (Å²) < 4.78 is 10.9. The molecular formula is C15H31NO4. The minimum atomic E-state index is -0.512. The van der Waals surface area contributed by atoms with Crippen molar-refractivity contribution in [1.29, 1.82) is 0 Å². The van der Waals surface area contributed by atoms with Crippen molar-refractivity contribution in [3.05, 3.63) is 0 Å². The Labute approximate surface area is 122 Å². The Morgan fingerprint density at radius 1 is 1.40 bits per heavy atom. The van der Waals surface area contributed by atoms with Crippen molar-refractivity contribution < 1.29 is 19.7 Å². The summed E-state index contributed by atoms with van der Waals surface area (Å²) in [7, 11) is 0. The molecule has 0 saturated carbocycles. The van der Waals surface area contributed by atoms with E-state index in [1.807, 2.05) is 0 Å². The van der Waals surface area contributed by atoms with E-state index in [4.69, 9.17) is 9.47 Å². The molecule has 0 aromatic heterocycles. The number of aliphatic hydroxyl groups excluding tert-OH is 2. The first-order valence-electron chi connectivity index (χ1n) is 7.84. The topological polar surface area (TPSA) is 71.0 Å². The van der Waals surface area contributed by atoms with Gasteiger partial charge >= 0.3 is 0 Å². The third kappa shape index (κ3) is 6.06. The summed E-state index contributed by atoms with van der Waals surface area (Å²) in [6.45, 7) is 7.30. The van der Waals surface area contributed by atoms with Crippen molar-refractivity contribution >= 4 is 0 Å². The molecule has 1 fully saturated rings. The summed E-state index contributed by atoms with van der Waals surface area (Å²) in [5.41, 5.74) is -0.0712. The zero-order valence-electron chi connectivity index (χ0n) is 12.9. The van der Waals surface area contributed by atoms with Gasteiger partial charge in [0, 0.05) is 31.7 Å². The van der Waals surface area contributed by atoms with Crippen LogP contribution in [-0.2, 0) is 9.47 Å². The van der Waals surface area contributed by atoms with Crippen molar-refractivity contribution in [2.75, 3.05) is 39.5 Å². The minimum absolute atomic E-state index is 0.0712. The zero-order valence-corrected chi connectivity index (χ0v) is 12.9. The highest BCUT2D eigenvalue weighted by atomic mass is 16.5. The van der Waals surface area contributed by atoms with E-state index in [2.05, 4.69) is 19.2 Å². The molecule has 20 heavy (non-hydrogen) atoms. The summed E-state index contributed by atoms with van der Waals surface area (Å²) in [5, 5.41) is 22.5. The van der Waals surface area contributed by atoms with Crippen LogP contribution in [0, 0.1) is 5.41 Å². The van der Waals surface area contributed by atoms with Crippen LogP contribution in [0.25, 0.3) is 0 Å². The van der Waals surface area contributed by atoms with Crippen LogP contribution >= 0.6 is 0 Å². The fourth-order valence-corrected chi connectivity index (χ4v) is 2.45. The molecule has 1 aliphatic heterocycles. The Hall–Kier alpha value is -0.200. The van der Waals surface area contributed by atoms with Crippen LogP contribution in [0.3, 0.4) is 0 Å². The molecule has 0 amide bonds. The highest BCUT2D eigenvalue weighted by molar-refractivity contribution is 4.78. The second kappa shape index (κ2) is 9.68. The van der Waals surface area contributed by atoms with E-state index in [0.717, 1.165) is 38.8 Å². The summed E-state index contributed by atoms with van der Waals surface area (Å²) in [6.07, 6.45) is 3.71. The number of nitrogens with one attached hydrogen (secondary N) is 1. The van der Waals surface area contributed by atoms with Gasteiger partial charge in [-0.05, 0) is 25.7 Å². The van der Waals surface area contributed by atoms with Gasteiger partial charge in [-0.1, -0.05) is 13.8 Å². The quantitative estimate of drug-likeness (QED) is 0.528. The Bertz CT molecular complexity index is 232. The van der Waals surface area contributed by atoms with Crippen molar-refractivity contribution in [3.8, 4) is 0 Å². The number of rotatable bonds is 11. The van der Waals surface area contributed by atoms with E-state index >= 15 is 0 Å². The van der Waals surface area contributed by atoms with E-state index in [-0.39, 0.29) is 18.1 Å². The summed E-state index contributed by atoms with van der Waals surface area (Å²) in [4.78, 5) is 0. The first-order valence-corrected chi connectivity index (χ1v) is 7.84. The lowest BCUT2D eigenvalue weighted by atomic mass is 9.83. The molecule has 3 N–H and O–H groups in total. The smallest absolute Gasteiger partial charge is 0.0897 e. The molecule has 2 unspecified atom stereocenters. The lowest BCUT2D eigenvalue weighted by Crippen LogP contribution is -2.40. The molecule has 0 radical (unpaired) electrons. The van der Waals surface area contributed by atoms with Gasteiger partial charge in [-0.3, -0.25) is 0 Å². The molecule has 0 aromatic carbocycles. The Kier molecular flexibility index (Phi) is 8.64. The third-order valence-electron chi connectivity index (χ3n) is 4.35. The molecule has 120 valence electrons. The maximum Gasteiger partial charge on any atom is 0.0897 e. The zero-order chi connectivity index (χ0) is 14.8. The average molecular weight is 289 g/mol. The van der Waals surface area contributed by atoms with E-state index in [1.54, 1.807) is 0 Å². The SMILES string of the molecule is CCC(CC)(CO)CNCC(O)COCC1CCCO1. The Balaban J connectivity index is 2.08. The summed E-state index contributed by atoms with van der Waals surface area (Å²) in [6, 6.07) is 0. The van der Waals surface area contributed by atoms with E-state index in [1.165, 1.54) is 0 Å². The predicted molar refractivity (Wildman–Crippen MR) is 78.8 cm³/mol.